The third-order valence-electron chi connectivity index (χ3n) is 3.98. The SMILES string of the molecule is CC1(C)CC(=O)CC(=NCCC[NH+]2CCOCC2)C1. The molecule has 108 valence electrons. The normalized spacial score (nSPS) is 26.8. The van der Waals surface area contributed by atoms with E-state index in [2.05, 4.69) is 18.8 Å². The van der Waals surface area contributed by atoms with Crippen LogP contribution in [0.2, 0.25) is 0 Å². The summed E-state index contributed by atoms with van der Waals surface area (Å²) in [5.74, 6) is 0.355. The Kier molecular flexibility index (Phi) is 5.11. The van der Waals surface area contributed by atoms with Crippen LogP contribution in [0.4, 0.5) is 0 Å². The van der Waals surface area contributed by atoms with Gasteiger partial charge in [-0.15, -0.1) is 0 Å². The first-order valence-electron chi connectivity index (χ1n) is 7.50. The molecule has 1 aliphatic heterocycles. The van der Waals surface area contributed by atoms with Gasteiger partial charge in [-0.2, -0.15) is 0 Å². The number of ether oxygens (including phenoxy) is 1. The molecular weight excluding hydrogens is 240 g/mol. The number of Topliss-reactive ketones (excluding diaryl/α,β-unsaturated/α-hetero) is 1. The van der Waals surface area contributed by atoms with Gasteiger partial charge in [-0.1, -0.05) is 13.8 Å². The molecule has 1 saturated heterocycles. The predicted octanol–water partition coefficient (Wildman–Crippen LogP) is 0.512. The lowest BCUT2D eigenvalue weighted by Gasteiger charge is -2.29. The number of hydrogen-bond acceptors (Lipinski definition) is 3. The highest BCUT2D eigenvalue weighted by molar-refractivity contribution is 6.04. The van der Waals surface area contributed by atoms with Crippen LogP contribution in [0.15, 0.2) is 4.99 Å². The van der Waals surface area contributed by atoms with Crippen molar-refractivity contribution in [3.63, 3.8) is 0 Å². The number of rotatable bonds is 4. The molecule has 1 N–H and O–H groups in total. The first kappa shape index (κ1) is 14.7. The topological polar surface area (TPSA) is 43.1 Å². The van der Waals surface area contributed by atoms with E-state index in [9.17, 15) is 4.79 Å². The number of aliphatic imine (C=N–C) groups is 1. The zero-order valence-corrected chi connectivity index (χ0v) is 12.3. The zero-order valence-electron chi connectivity index (χ0n) is 12.3. The quantitative estimate of drug-likeness (QED) is 0.754. The number of nitrogens with one attached hydrogen (secondary N) is 1. The average Bonchev–Trinajstić information content (AvgIpc) is 2.33. The Hall–Kier alpha value is -0.740. The van der Waals surface area contributed by atoms with Crippen LogP contribution in [0, 0.1) is 5.41 Å². The molecule has 0 atom stereocenters. The second-order valence-corrected chi connectivity index (χ2v) is 6.65. The van der Waals surface area contributed by atoms with E-state index in [0.29, 0.717) is 18.6 Å². The summed E-state index contributed by atoms with van der Waals surface area (Å²) in [6.45, 7) is 10.4. The van der Waals surface area contributed by atoms with Crippen LogP contribution < -0.4 is 4.90 Å². The fourth-order valence-electron chi connectivity index (χ4n) is 3.09. The lowest BCUT2D eigenvalue weighted by atomic mass is 9.76. The molecule has 4 nitrogen and oxygen atoms in total. The van der Waals surface area contributed by atoms with Crippen molar-refractivity contribution >= 4 is 11.5 Å². The van der Waals surface area contributed by atoms with Gasteiger partial charge in [-0.05, 0) is 11.8 Å². The van der Waals surface area contributed by atoms with Gasteiger partial charge in [0.05, 0.1) is 19.8 Å². The van der Waals surface area contributed by atoms with Crippen LogP contribution in [0.5, 0.6) is 0 Å². The van der Waals surface area contributed by atoms with E-state index in [0.717, 1.165) is 51.4 Å². The third-order valence-corrected chi connectivity index (χ3v) is 3.98. The number of quaternary nitrogens is 1. The summed E-state index contributed by atoms with van der Waals surface area (Å²) >= 11 is 0. The third kappa shape index (κ3) is 5.03. The van der Waals surface area contributed by atoms with Crippen molar-refractivity contribution in [1.82, 2.24) is 0 Å². The Morgan fingerprint density at radius 1 is 1.26 bits per heavy atom. The number of carbonyl (C=O) groups is 1. The standard InChI is InChI=1S/C15H26N2O2/c1-15(2)11-13(10-14(18)12-15)16-4-3-5-17-6-8-19-9-7-17/h3-12H2,1-2H3/p+1. The first-order valence-corrected chi connectivity index (χ1v) is 7.50. The van der Waals surface area contributed by atoms with E-state index in [-0.39, 0.29) is 5.41 Å². The highest BCUT2D eigenvalue weighted by Crippen LogP contribution is 2.31. The highest BCUT2D eigenvalue weighted by atomic mass is 16.5. The molecular formula is C15H27N2O2+. The van der Waals surface area contributed by atoms with Crippen molar-refractivity contribution in [3.05, 3.63) is 0 Å². The Labute approximate surface area is 116 Å². The summed E-state index contributed by atoms with van der Waals surface area (Å²) in [7, 11) is 0. The Bertz CT molecular complexity index is 344. The van der Waals surface area contributed by atoms with Crippen molar-refractivity contribution in [2.45, 2.75) is 39.5 Å². The minimum absolute atomic E-state index is 0.115. The minimum atomic E-state index is 0.115. The van der Waals surface area contributed by atoms with Crippen LogP contribution in [0.25, 0.3) is 0 Å². The lowest BCUT2D eigenvalue weighted by Crippen LogP contribution is -3.14. The van der Waals surface area contributed by atoms with Crippen LogP contribution in [0.3, 0.4) is 0 Å². The monoisotopic (exact) mass is 267 g/mol. The summed E-state index contributed by atoms with van der Waals surface area (Å²) in [6, 6.07) is 0. The van der Waals surface area contributed by atoms with Crippen LogP contribution in [-0.4, -0.2) is 50.9 Å². The summed E-state index contributed by atoms with van der Waals surface area (Å²) in [4.78, 5) is 18.0. The minimum Gasteiger partial charge on any atom is -0.370 e. The number of ketones is 1. The fourth-order valence-corrected chi connectivity index (χ4v) is 3.09. The van der Waals surface area contributed by atoms with Crippen LogP contribution >= 0.6 is 0 Å². The van der Waals surface area contributed by atoms with Crippen molar-refractivity contribution in [3.8, 4) is 0 Å². The Morgan fingerprint density at radius 2 is 2.00 bits per heavy atom. The van der Waals surface area contributed by atoms with Gasteiger partial charge in [0.1, 0.15) is 18.9 Å². The van der Waals surface area contributed by atoms with Crippen LogP contribution in [-0.2, 0) is 9.53 Å². The number of hydrogen-bond donors (Lipinski definition) is 1. The number of carbonyl (C=O) groups excluding carboxylic acids is 1. The predicted molar refractivity (Wildman–Crippen MR) is 75.9 cm³/mol. The number of nitrogens with zero attached hydrogens (tertiary/aromatic N) is 1. The molecule has 2 rings (SSSR count). The van der Waals surface area contributed by atoms with Crippen molar-refractivity contribution in [2.75, 3.05) is 39.4 Å². The maximum absolute atomic E-state index is 11.7. The molecule has 0 amide bonds. The molecule has 2 aliphatic rings. The van der Waals surface area contributed by atoms with E-state index >= 15 is 0 Å². The largest absolute Gasteiger partial charge is 0.370 e. The molecule has 0 aromatic carbocycles. The molecule has 0 bridgehead atoms. The number of morpholine rings is 1. The van der Waals surface area contributed by atoms with E-state index in [1.165, 1.54) is 6.54 Å². The van der Waals surface area contributed by atoms with Gasteiger partial charge >= 0.3 is 0 Å². The van der Waals surface area contributed by atoms with E-state index < -0.39 is 0 Å². The van der Waals surface area contributed by atoms with E-state index in [4.69, 9.17) is 4.74 Å². The summed E-state index contributed by atoms with van der Waals surface area (Å²) in [5.41, 5.74) is 1.24. The summed E-state index contributed by atoms with van der Waals surface area (Å²) in [6.07, 6.45) is 3.41. The second-order valence-electron chi connectivity index (χ2n) is 6.65. The van der Waals surface area contributed by atoms with Gasteiger partial charge in [-0.3, -0.25) is 9.79 Å². The van der Waals surface area contributed by atoms with Crippen molar-refractivity contribution < 1.29 is 14.4 Å². The smallest absolute Gasteiger partial charge is 0.139 e. The molecule has 0 radical (unpaired) electrons. The maximum atomic E-state index is 11.7. The summed E-state index contributed by atoms with van der Waals surface area (Å²) < 4.78 is 5.35. The molecule has 1 saturated carbocycles. The summed E-state index contributed by atoms with van der Waals surface area (Å²) in [5, 5.41) is 0. The van der Waals surface area contributed by atoms with Gasteiger partial charge < -0.3 is 9.64 Å². The maximum Gasteiger partial charge on any atom is 0.139 e. The van der Waals surface area contributed by atoms with Crippen molar-refractivity contribution in [2.24, 2.45) is 10.4 Å². The van der Waals surface area contributed by atoms with Crippen LogP contribution in [0.1, 0.15) is 39.5 Å². The van der Waals surface area contributed by atoms with E-state index in [1.807, 2.05) is 0 Å². The van der Waals surface area contributed by atoms with E-state index in [1.54, 1.807) is 4.90 Å². The average molecular weight is 267 g/mol. The van der Waals surface area contributed by atoms with Gasteiger partial charge in [-0.25, -0.2) is 0 Å². The molecule has 2 fully saturated rings. The fraction of sp³-hybridized carbons (Fsp3) is 0.867. The van der Waals surface area contributed by atoms with Gasteiger partial charge in [0, 0.05) is 31.5 Å². The van der Waals surface area contributed by atoms with Gasteiger partial charge in [0.2, 0.25) is 0 Å². The molecule has 4 heteroatoms. The van der Waals surface area contributed by atoms with Gasteiger partial charge in [0.25, 0.3) is 0 Å². The molecule has 19 heavy (non-hydrogen) atoms. The second kappa shape index (κ2) is 6.62. The van der Waals surface area contributed by atoms with Crippen molar-refractivity contribution in [1.29, 1.82) is 0 Å². The lowest BCUT2D eigenvalue weighted by molar-refractivity contribution is -0.908. The Balaban J connectivity index is 1.71. The highest BCUT2D eigenvalue weighted by Gasteiger charge is 2.29. The molecule has 0 aromatic heterocycles. The molecule has 0 unspecified atom stereocenters. The first-order chi connectivity index (χ1) is 9.05. The molecule has 0 aromatic rings. The molecule has 1 aliphatic carbocycles. The molecule has 1 heterocycles. The van der Waals surface area contributed by atoms with Gasteiger partial charge in [0.15, 0.2) is 0 Å². The molecule has 0 spiro atoms. The zero-order chi connectivity index (χ0) is 13.7. The Morgan fingerprint density at radius 3 is 2.68 bits per heavy atom.